The Hall–Kier alpha value is -3.99. The van der Waals surface area contributed by atoms with Crippen molar-refractivity contribution in [3.05, 3.63) is 53.4 Å². The van der Waals surface area contributed by atoms with E-state index in [1.807, 2.05) is 24.3 Å². The van der Waals surface area contributed by atoms with Crippen LogP contribution >= 0.6 is 11.3 Å². The number of para-hydroxylation sites is 1. The second kappa shape index (κ2) is 11.0. The van der Waals surface area contributed by atoms with Crippen LogP contribution in [0.15, 0.2) is 41.1 Å². The van der Waals surface area contributed by atoms with Gasteiger partial charge in [-0.05, 0) is 37.0 Å². The molecule has 0 bridgehead atoms. The molecular formula is C26H26N2O8S. The Morgan fingerprint density at radius 1 is 1.27 bits per heavy atom. The smallest absolute Gasteiger partial charge is 0.341 e. The fourth-order valence-electron chi connectivity index (χ4n) is 4.38. The number of methoxy groups -OCH3 is 1. The van der Waals surface area contributed by atoms with Crippen molar-refractivity contribution in [1.29, 1.82) is 0 Å². The van der Waals surface area contributed by atoms with Gasteiger partial charge in [0.25, 0.3) is 0 Å². The van der Waals surface area contributed by atoms with E-state index in [1.54, 1.807) is 18.9 Å². The zero-order valence-electron chi connectivity index (χ0n) is 20.6. The van der Waals surface area contributed by atoms with E-state index in [2.05, 4.69) is 4.98 Å². The molecular weight excluding hydrogens is 500 g/mol. The van der Waals surface area contributed by atoms with Gasteiger partial charge in [0.1, 0.15) is 22.9 Å². The maximum atomic E-state index is 13.7. The van der Waals surface area contributed by atoms with Crippen molar-refractivity contribution >= 4 is 40.0 Å². The lowest BCUT2D eigenvalue weighted by molar-refractivity contribution is -0.158. The van der Waals surface area contributed by atoms with Crippen molar-refractivity contribution in [3.8, 4) is 16.5 Å². The molecule has 4 rings (SSSR count). The average molecular weight is 527 g/mol. The quantitative estimate of drug-likeness (QED) is 0.309. The first-order valence-corrected chi connectivity index (χ1v) is 12.4. The first-order valence-electron chi connectivity index (χ1n) is 11.6. The summed E-state index contributed by atoms with van der Waals surface area (Å²) in [6.45, 7) is 2.79. The number of benzene rings is 1. The van der Waals surface area contributed by atoms with Crippen LogP contribution in [0.3, 0.4) is 0 Å². The van der Waals surface area contributed by atoms with Crippen molar-refractivity contribution in [3.63, 3.8) is 0 Å². The Labute approximate surface area is 216 Å². The van der Waals surface area contributed by atoms with Crippen LogP contribution in [0.5, 0.6) is 5.75 Å². The topological polar surface area (TPSA) is 136 Å². The van der Waals surface area contributed by atoms with E-state index in [0.29, 0.717) is 39.1 Å². The number of esters is 1. The molecule has 1 amide bonds. The average Bonchev–Trinajstić information content (AvgIpc) is 3.53. The fraction of sp³-hybridized carbons (Fsp3) is 0.346. The van der Waals surface area contributed by atoms with Crippen LogP contribution in [-0.4, -0.2) is 54.0 Å². The number of amides is 1. The second-order valence-electron chi connectivity index (χ2n) is 8.68. The number of hydrogen-bond donors (Lipinski definition) is 1. The number of fused-ring (bicyclic) bond motifs is 1. The number of thiophene rings is 1. The molecule has 194 valence electrons. The summed E-state index contributed by atoms with van der Waals surface area (Å²) >= 11 is 1.26. The summed E-state index contributed by atoms with van der Waals surface area (Å²) in [5.74, 6) is -3.82. The third-order valence-corrected chi connectivity index (χ3v) is 7.56. The number of nitrogens with zero attached hydrogens (tertiary/aromatic N) is 2. The van der Waals surface area contributed by atoms with Gasteiger partial charge >= 0.3 is 11.9 Å². The number of anilines is 1. The molecule has 2 unspecified atom stereocenters. The summed E-state index contributed by atoms with van der Waals surface area (Å²) in [7, 11) is 1.58. The van der Waals surface area contributed by atoms with Crippen molar-refractivity contribution in [2.24, 2.45) is 11.8 Å². The van der Waals surface area contributed by atoms with Crippen LogP contribution in [0.1, 0.15) is 34.8 Å². The minimum Gasteiger partial charge on any atom is -0.496 e. The highest BCUT2D eigenvalue weighted by Gasteiger charge is 2.44. The molecule has 0 aliphatic carbocycles. The maximum Gasteiger partial charge on any atom is 0.341 e. The molecule has 0 saturated heterocycles. The number of hydrogen-bond acceptors (Lipinski definition) is 9. The molecule has 1 aliphatic rings. The van der Waals surface area contributed by atoms with Gasteiger partial charge < -0.3 is 23.9 Å². The Balaban J connectivity index is 1.68. The summed E-state index contributed by atoms with van der Waals surface area (Å²) in [4.78, 5) is 56.8. The van der Waals surface area contributed by atoms with Crippen molar-refractivity contribution in [2.75, 3.05) is 25.2 Å². The van der Waals surface area contributed by atoms with E-state index in [1.165, 1.54) is 30.7 Å². The molecule has 10 nitrogen and oxygen atoms in total. The van der Waals surface area contributed by atoms with E-state index in [0.717, 1.165) is 5.56 Å². The van der Waals surface area contributed by atoms with E-state index >= 15 is 0 Å². The third-order valence-electron chi connectivity index (χ3n) is 6.25. The van der Waals surface area contributed by atoms with E-state index in [4.69, 9.17) is 19.0 Å². The summed E-state index contributed by atoms with van der Waals surface area (Å²) in [6.07, 6.45) is 3.31. The van der Waals surface area contributed by atoms with Gasteiger partial charge in [-0.2, -0.15) is 0 Å². The predicted octanol–water partition coefficient (Wildman–Crippen LogP) is 3.76. The Morgan fingerprint density at radius 3 is 2.70 bits per heavy atom. The van der Waals surface area contributed by atoms with Crippen molar-refractivity contribution < 1.29 is 38.2 Å². The zero-order valence-corrected chi connectivity index (χ0v) is 21.4. The summed E-state index contributed by atoms with van der Waals surface area (Å²) in [5, 5.41) is 9.29. The minimum absolute atomic E-state index is 0.107. The molecule has 0 saturated carbocycles. The summed E-state index contributed by atoms with van der Waals surface area (Å²) < 4.78 is 15.7. The SMILES string of the molecule is COc1ccccc1CCN1C(=O)C(CC(C)C(=O)OCC(=O)O)C(=O)c2c1sc(-c1ncco1)c2C. The molecule has 0 radical (unpaired) electrons. The van der Waals surface area contributed by atoms with Crippen molar-refractivity contribution in [1.82, 2.24) is 4.98 Å². The van der Waals surface area contributed by atoms with E-state index < -0.39 is 42.1 Å². The first-order chi connectivity index (χ1) is 17.7. The molecule has 1 aromatic carbocycles. The van der Waals surface area contributed by atoms with E-state index in [-0.39, 0.29) is 13.0 Å². The number of aromatic nitrogens is 1. The van der Waals surface area contributed by atoms with Gasteiger partial charge in [-0.15, -0.1) is 11.3 Å². The number of aliphatic carboxylic acids is 1. The number of carbonyl (C=O) groups is 4. The van der Waals surface area contributed by atoms with Gasteiger partial charge in [-0.1, -0.05) is 25.1 Å². The molecule has 2 atom stereocenters. The normalized spacial score (nSPS) is 15.9. The van der Waals surface area contributed by atoms with Gasteiger partial charge in [0.15, 0.2) is 12.4 Å². The number of Topliss-reactive ketones (excluding diaryl/α,β-unsaturated/α-hetero) is 1. The maximum absolute atomic E-state index is 13.7. The number of carbonyl (C=O) groups excluding carboxylic acids is 3. The van der Waals surface area contributed by atoms with Crippen LogP contribution in [0, 0.1) is 18.8 Å². The highest BCUT2D eigenvalue weighted by molar-refractivity contribution is 7.20. The van der Waals surface area contributed by atoms with Crippen molar-refractivity contribution in [2.45, 2.75) is 26.7 Å². The summed E-state index contributed by atoms with van der Waals surface area (Å²) in [6, 6.07) is 7.49. The Morgan fingerprint density at radius 2 is 2.03 bits per heavy atom. The van der Waals surface area contributed by atoms with Crippen LogP contribution in [0.4, 0.5) is 5.00 Å². The fourth-order valence-corrected chi connectivity index (χ4v) is 5.66. The number of rotatable bonds is 10. The lowest BCUT2D eigenvalue weighted by atomic mass is 9.84. The monoisotopic (exact) mass is 526 g/mol. The number of oxazole rings is 1. The molecule has 1 aliphatic heterocycles. The lowest BCUT2D eigenvalue weighted by Gasteiger charge is -2.32. The molecule has 0 spiro atoms. The molecule has 2 aromatic heterocycles. The molecule has 11 heteroatoms. The van der Waals surface area contributed by atoms with Crippen LogP contribution < -0.4 is 9.64 Å². The molecule has 3 heterocycles. The van der Waals surface area contributed by atoms with E-state index in [9.17, 15) is 19.2 Å². The van der Waals surface area contributed by atoms with Gasteiger partial charge in [0.05, 0.1) is 29.7 Å². The first kappa shape index (κ1) is 26.1. The Bertz CT molecular complexity index is 1330. The largest absolute Gasteiger partial charge is 0.496 e. The number of ether oxygens (including phenoxy) is 2. The summed E-state index contributed by atoms with van der Waals surface area (Å²) in [5.41, 5.74) is 1.95. The van der Waals surface area contributed by atoms with Crippen LogP contribution in [-0.2, 0) is 25.5 Å². The lowest BCUT2D eigenvalue weighted by Crippen LogP contribution is -2.46. The number of ketones is 1. The predicted molar refractivity (Wildman–Crippen MR) is 134 cm³/mol. The third kappa shape index (κ3) is 5.26. The van der Waals surface area contributed by atoms with Gasteiger partial charge in [-0.3, -0.25) is 14.4 Å². The molecule has 37 heavy (non-hydrogen) atoms. The van der Waals surface area contributed by atoms with Crippen LogP contribution in [0.2, 0.25) is 0 Å². The highest BCUT2D eigenvalue weighted by Crippen LogP contribution is 2.46. The molecule has 1 N–H and O–H groups in total. The number of carboxylic acid groups (broad SMARTS) is 1. The van der Waals surface area contributed by atoms with Gasteiger partial charge in [0.2, 0.25) is 11.8 Å². The highest BCUT2D eigenvalue weighted by atomic mass is 32.1. The minimum atomic E-state index is -1.29. The van der Waals surface area contributed by atoms with Gasteiger partial charge in [0, 0.05) is 6.54 Å². The molecule has 0 fully saturated rings. The van der Waals surface area contributed by atoms with Crippen LogP contribution in [0.25, 0.3) is 10.8 Å². The number of carboxylic acids is 1. The molecule has 3 aromatic rings. The zero-order chi connectivity index (χ0) is 26.7. The standard InChI is InChI=1S/C26H26N2O8S/c1-14(26(33)36-13-19(29)30)12-17-21(31)20-15(2)22(23-27-9-11-35-23)37-25(20)28(24(17)32)10-8-16-6-4-5-7-18(16)34-3/h4-7,9,11,14,17H,8,10,12-13H2,1-3H3,(H,29,30). The second-order valence-corrected chi connectivity index (χ2v) is 9.68. The van der Waals surface area contributed by atoms with Gasteiger partial charge in [-0.25, -0.2) is 9.78 Å². The Kier molecular flexibility index (Phi) is 7.72.